The number of esters is 1. The number of benzene rings is 2. The molecule has 37 heavy (non-hydrogen) atoms. The van der Waals surface area contributed by atoms with Crippen molar-refractivity contribution in [2.24, 2.45) is 0 Å². The molecule has 0 saturated carbocycles. The zero-order chi connectivity index (χ0) is 26.0. The van der Waals surface area contributed by atoms with Crippen molar-refractivity contribution in [3.63, 3.8) is 0 Å². The number of anilines is 2. The third-order valence-corrected chi connectivity index (χ3v) is 8.05. The van der Waals surface area contributed by atoms with Crippen molar-refractivity contribution >= 4 is 57.6 Å². The highest BCUT2D eigenvalue weighted by molar-refractivity contribution is 8.00. The molecule has 3 aromatic rings. The van der Waals surface area contributed by atoms with E-state index in [1.165, 1.54) is 34.1 Å². The van der Waals surface area contributed by atoms with Crippen molar-refractivity contribution in [3.8, 4) is 0 Å². The fraction of sp³-hybridized carbons (Fsp3) is 0.276. The lowest BCUT2D eigenvalue weighted by Crippen LogP contribution is -2.16. The number of ether oxygens (including phenoxy) is 1. The topological polar surface area (TPSA) is 84.5 Å². The molecule has 1 aromatic heterocycles. The van der Waals surface area contributed by atoms with E-state index < -0.39 is 0 Å². The Morgan fingerprint density at radius 1 is 1.00 bits per heavy atom. The van der Waals surface area contributed by atoms with Gasteiger partial charge in [0.2, 0.25) is 11.8 Å². The number of thioether (sulfide) groups is 1. The lowest BCUT2D eigenvalue weighted by atomic mass is 10.1. The molecule has 2 aromatic carbocycles. The molecular formula is C29H30N2O4S2. The molecule has 0 radical (unpaired) electrons. The summed E-state index contributed by atoms with van der Waals surface area (Å²) in [6.45, 7) is 2.08. The van der Waals surface area contributed by atoms with Crippen LogP contribution in [0.5, 0.6) is 0 Å². The lowest BCUT2D eigenvalue weighted by molar-refractivity contribution is -0.114. The standard InChI is InChI=1S/C29H30N2O4S2/c1-2-35-29(34)27-23-14-7-4-8-15-24(23)37-28(27)31-26(33)19-36-22-13-9-12-21(18-22)30-25(32)17-16-20-10-5-3-6-11-20/h3,5-6,9-13,16-18H,2,4,7-8,14-15,19H2,1H3,(H,30,32)(H,31,33)/b17-16+. The van der Waals surface area contributed by atoms with Crippen LogP contribution in [0.3, 0.4) is 0 Å². The van der Waals surface area contributed by atoms with E-state index in [4.69, 9.17) is 4.74 Å². The van der Waals surface area contributed by atoms with Crippen LogP contribution >= 0.6 is 23.1 Å². The highest BCUT2D eigenvalue weighted by atomic mass is 32.2. The fourth-order valence-corrected chi connectivity index (χ4v) is 6.19. The summed E-state index contributed by atoms with van der Waals surface area (Å²) in [4.78, 5) is 39.9. The quantitative estimate of drug-likeness (QED) is 0.140. The number of amides is 2. The summed E-state index contributed by atoms with van der Waals surface area (Å²) >= 11 is 2.86. The Hall–Kier alpha value is -3.36. The van der Waals surface area contributed by atoms with Crippen LogP contribution in [0.1, 0.15) is 52.5 Å². The van der Waals surface area contributed by atoms with E-state index >= 15 is 0 Å². The van der Waals surface area contributed by atoms with Gasteiger partial charge in [0.15, 0.2) is 0 Å². The number of rotatable bonds is 9. The summed E-state index contributed by atoms with van der Waals surface area (Å²) in [7, 11) is 0. The van der Waals surface area contributed by atoms with Gasteiger partial charge >= 0.3 is 5.97 Å². The number of hydrogen-bond donors (Lipinski definition) is 2. The number of nitrogens with one attached hydrogen (secondary N) is 2. The minimum absolute atomic E-state index is 0.177. The Labute approximate surface area is 225 Å². The summed E-state index contributed by atoms with van der Waals surface area (Å²) in [5.74, 6) is -0.606. The smallest absolute Gasteiger partial charge is 0.341 e. The minimum Gasteiger partial charge on any atom is -0.462 e. The molecule has 1 aliphatic carbocycles. The lowest BCUT2D eigenvalue weighted by Gasteiger charge is -2.09. The number of thiophene rings is 1. The largest absolute Gasteiger partial charge is 0.462 e. The molecule has 0 fully saturated rings. The normalized spacial score (nSPS) is 13.0. The number of aryl methyl sites for hydroxylation is 1. The van der Waals surface area contributed by atoms with Gasteiger partial charge in [-0.05, 0) is 68.0 Å². The average Bonchev–Trinajstić information content (AvgIpc) is 3.07. The second-order valence-corrected chi connectivity index (χ2v) is 10.7. The van der Waals surface area contributed by atoms with Gasteiger partial charge in [-0.2, -0.15) is 0 Å². The van der Waals surface area contributed by atoms with Gasteiger partial charge < -0.3 is 15.4 Å². The van der Waals surface area contributed by atoms with Gasteiger partial charge in [-0.3, -0.25) is 9.59 Å². The maximum atomic E-state index is 12.8. The number of hydrogen-bond acceptors (Lipinski definition) is 6. The van der Waals surface area contributed by atoms with Crippen molar-refractivity contribution in [2.45, 2.75) is 43.9 Å². The van der Waals surface area contributed by atoms with Crippen molar-refractivity contribution < 1.29 is 19.1 Å². The van der Waals surface area contributed by atoms with E-state index in [1.807, 2.05) is 54.6 Å². The molecule has 0 atom stereocenters. The Kier molecular flexibility index (Phi) is 9.57. The molecule has 1 aliphatic rings. The molecule has 0 bridgehead atoms. The van der Waals surface area contributed by atoms with E-state index in [0.717, 1.165) is 48.1 Å². The van der Waals surface area contributed by atoms with E-state index in [2.05, 4.69) is 10.6 Å². The Balaban J connectivity index is 1.36. The van der Waals surface area contributed by atoms with E-state index in [9.17, 15) is 14.4 Å². The predicted octanol–water partition coefficient (Wildman–Crippen LogP) is 6.58. The van der Waals surface area contributed by atoms with Gasteiger partial charge in [0.25, 0.3) is 0 Å². The first-order valence-corrected chi connectivity index (χ1v) is 14.2. The van der Waals surface area contributed by atoms with Crippen molar-refractivity contribution in [1.82, 2.24) is 0 Å². The minimum atomic E-state index is -0.366. The average molecular weight is 535 g/mol. The molecule has 2 N–H and O–H groups in total. The monoisotopic (exact) mass is 534 g/mol. The van der Waals surface area contributed by atoms with Gasteiger partial charge in [0.05, 0.1) is 17.9 Å². The Morgan fingerprint density at radius 2 is 1.81 bits per heavy atom. The Morgan fingerprint density at radius 3 is 2.62 bits per heavy atom. The molecule has 0 saturated heterocycles. The summed E-state index contributed by atoms with van der Waals surface area (Å²) in [5.41, 5.74) is 3.16. The van der Waals surface area contributed by atoms with Gasteiger partial charge in [-0.25, -0.2) is 4.79 Å². The van der Waals surface area contributed by atoms with Crippen LogP contribution in [0.25, 0.3) is 6.08 Å². The number of carbonyl (C=O) groups is 3. The summed E-state index contributed by atoms with van der Waals surface area (Å²) < 4.78 is 5.30. The molecule has 4 rings (SSSR count). The first-order valence-electron chi connectivity index (χ1n) is 12.4. The maximum absolute atomic E-state index is 12.8. The Bertz CT molecular complexity index is 1280. The molecule has 0 unspecified atom stereocenters. The molecule has 1 heterocycles. The zero-order valence-electron chi connectivity index (χ0n) is 20.8. The van der Waals surface area contributed by atoms with Crippen LogP contribution in [0, 0.1) is 0 Å². The van der Waals surface area contributed by atoms with Crippen LogP contribution in [0.4, 0.5) is 10.7 Å². The SMILES string of the molecule is CCOC(=O)c1c(NC(=O)CSc2cccc(NC(=O)/C=C/c3ccccc3)c2)sc2c1CCCCC2. The van der Waals surface area contributed by atoms with Crippen LogP contribution in [0.15, 0.2) is 65.6 Å². The summed E-state index contributed by atoms with van der Waals surface area (Å²) in [5, 5.41) is 6.40. The third kappa shape index (κ3) is 7.57. The predicted molar refractivity (Wildman–Crippen MR) is 151 cm³/mol. The highest BCUT2D eigenvalue weighted by Gasteiger charge is 2.26. The molecule has 0 aliphatic heterocycles. The van der Waals surface area contributed by atoms with Crippen LogP contribution in [-0.4, -0.2) is 30.1 Å². The van der Waals surface area contributed by atoms with E-state index in [1.54, 1.807) is 13.0 Å². The molecule has 8 heteroatoms. The van der Waals surface area contributed by atoms with Crippen LogP contribution < -0.4 is 10.6 Å². The fourth-order valence-electron chi connectivity index (χ4n) is 4.15. The number of carbonyl (C=O) groups excluding carboxylic acids is 3. The summed E-state index contributed by atoms with van der Waals surface area (Å²) in [6, 6.07) is 17.0. The van der Waals surface area contributed by atoms with Crippen LogP contribution in [0.2, 0.25) is 0 Å². The molecule has 192 valence electrons. The van der Waals surface area contributed by atoms with Gasteiger partial charge in [-0.1, -0.05) is 42.8 Å². The summed E-state index contributed by atoms with van der Waals surface area (Å²) in [6.07, 6.45) is 8.28. The third-order valence-electron chi connectivity index (χ3n) is 5.85. The van der Waals surface area contributed by atoms with Gasteiger partial charge in [0, 0.05) is 21.5 Å². The second-order valence-electron chi connectivity index (χ2n) is 8.59. The molecular weight excluding hydrogens is 504 g/mol. The molecule has 2 amide bonds. The molecule has 6 nitrogen and oxygen atoms in total. The second kappa shape index (κ2) is 13.3. The first kappa shape index (κ1) is 26.7. The van der Waals surface area contributed by atoms with E-state index in [-0.39, 0.29) is 23.5 Å². The van der Waals surface area contributed by atoms with Crippen molar-refractivity contribution in [2.75, 3.05) is 23.0 Å². The van der Waals surface area contributed by atoms with E-state index in [0.29, 0.717) is 22.9 Å². The zero-order valence-corrected chi connectivity index (χ0v) is 22.4. The van der Waals surface area contributed by atoms with Gasteiger partial charge in [0.1, 0.15) is 5.00 Å². The first-order chi connectivity index (χ1) is 18.0. The molecule has 0 spiro atoms. The number of fused-ring (bicyclic) bond motifs is 1. The van der Waals surface area contributed by atoms with Gasteiger partial charge in [-0.15, -0.1) is 23.1 Å². The van der Waals surface area contributed by atoms with Crippen LogP contribution in [-0.2, 0) is 27.2 Å². The van der Waals surface area contributed by atoms with Crippen molar-refractivity contribution in [1.29, 1.82) is 0 Å². The highest BCUT2D eigenvalue weighted by Crippen LogP contribution is 2.38. The van der Waals surface area contributed by atoms with Crippen molar-refractivity contribution in [3.05, 3.63) is 82.2 Å². The maximum Gasteiger partial charge on any atom is 0.341 e.